The van der Waals surface area contributed by atoms with Crippen molar-refractivity contribution >= 4 is 11.5 Å². The number of aliphatic imine (C=N–C) groups is 1. The summed E-state index contributed by atoms with van der Waals surface area (Å²) in [6, 6.07) is 0. The molecule has 0 bridgehead atoms. The van der Waals surface area contributed by atoms with Gasteiger partial charge >= 0.3 is 0 Å². The standard InChI is InChI=1S/C21H35NO/c1-6-18-17-8-7-15-13-16(22-5)9-11-21(15,4)19(17)10-12-20(18,3)14(2)23/h15,17-19H,6-13H2,1-5H3/t15?,17?,18?,19?,20-,21+/m1/s1. The van der Waals surface area contributed by atoms with Crippen LogP contribution in [0.15, 0.2) is 4.99 Å². The molecule has 0 heterocycles. The van der Waals surface area contributed by atoms with E-state index in [9.17, 15) is 4.79 Å². The molecule has 3 aliphatic rings. The molecule has 6 atom stereocenters. The number of hydrogen-bond donors (Lipinski definition) is 0. The summed E-state index contributed by atoms with van der Waals surface area (Å²) in [5.74, 6) is 3.45. The van der Waals surface area contributed by atoms with Gasteiger partial charge in [0.15, 0.2) is 0 Å². The van der Waals surface area contributed by atoms with Crippen molar-refractivity contribution in [2.45, 2.75) is 79.1 Å². The molecule has 3 rings (SSSR count). The van der Waals surface area contributed by atoms with Crippen LogP contribution in [0, 0.1) is 34.5 Å². The molecule has 2 nitrogen and oxygen atoms in total. The number of carbonyl (C=O) groups excluding carboxylic acids is 1. The van der Waals surface area contributed by atoms with Crippen LogP contribution in [0.25, 0.3) is 0 Å². The molecule has 3 fully saturated rings. The van der Waals surface area contributed by atoms with Crippen LogP contribution in [0.5, 0.6) is 0 Å². The van der Waals surface area contributed by atoms with E-state index in [-0.39, 0.29) is 5.41 Å². The average molecular weight is 318 g/mol. The van der Waals surface area contributed by atoms with E-state index < -0.39 is 0 Å². The highest BCUT2D eigenvalue weighted by atomic mass is 16.1. The van der Waals surface area contributed by atoms with E-state index in [4.69, 9.17) is 0 Å². The fraction of sp³-hybridized carbons (Fsp3) is 0.905. The maximum Gasteiger partial charge on any atom is 0.135 e. The van der Waals surface area contributed by atoms with Crippen LogP contribution in [0.1, 0.15) is 79.1 Å². The van der Waals surface area contributed by atoms with Gasteiger partial charge in [0.2, 0.25) is 0 Å². The van der Waals surface area contributed by atoms with Crippen molar-refractivity contribution in [2.24, 2.45) is 39.5 Å². The first kappa shape index (κ1) is 17.2. The van der Waals surface area contributed by atoms with Gasteiger partial charge in [-0.25, -0.2) is 0 Å². The van der Waals surface area contributed by atoms with Crippen LogP contribution in [-0.4, -0.2) is 18.5 Å². The van der Waals surface area contributed by atoms with Crippen molar-refractivity contribution in [1.29, 1.82) is 0 Å². The summed E-state index contributed by atoms with van der Waals surface area (Å²) in [6.07, 6.45) is 9.98. The van der Waals surface area contributed by atoms with Crippen molar-refractivity contribution in [3.63, 3.8) is 0 Å². The molecule has 0 radical (unpaired) electrons. The molecule has 0 aromatic rings. The van der Waals surface area contributed by atoms with Gasteiger partial charge in [-0.1, -0.05) is 27.2 Å². The molecule has 3 aliphatic carbocycles. The van der Waals surface area contributed by atoms with Crippen molar-refractivity contribution in [3.05, 3.63) is 0 Å². The highest BCUT2D eigenvalue weighted by Gasteiger charge is 2.57. The molecule has 0 aliphatic heterocycles. The van der Waals surface area contributed by atoms with Gasteiger partial charge in [-0.05, 0) is 81.0 Å². The van der Waals surface area contributed by atoms with Crippen molar-refractivity contribution in [3.8, 4) is 0 Å². The molecular weight excluding hydrogens is 282 g/mol. The summed E-state index contributed by atoms with van der Waals surface area (Å²) >= 11 is 0. The summed E-state index contributed by atoms with van der Waals surface area (Å²) in [4.78, 5) is 16.9. The summed E-state index contributed by atoms with van der Waals surface area (Å²) in [5.41, 5.74) is 1.87. The Bertz CT molecular complexity index is 510. The summed E-state index contributed by atoms with van der Waals surface area (Å²) < 4.78 is 0. The van der Waals surface area contributed by atoms with Crippen LogP contribution in [0.4, 0.5) is 0 Å². The lowest BCUT2D eigenvalue weighted by Crippen LogP contribution is -2.55. The lowest BCUT2D eigenvalue weighted by Gasteiger charge is -2.60. The third-order valence-corrected chi connectivity index (χ3v) is 8.45. The first-order valence-corrected chi connectivity index (χ1v) is 9.82. The maximum absolute atomic E-state index is 12.4. The molecule has 130 valence electrons. The zero-order valence-electron chi connectivity index (χ0n) is 15.8. The highest BCUT2D eigenvalue weighted by Crippen LogP contribution is 2.63. The number of carbonyl (C=O) groups is 1. The minimum Gasteiger partial charge on any atom is -0.299 e. The number of nitrogens with zero attached hydrogens (tertiary/aromatic N) is 1. The monoisotopic (exact) mass is 317 g/mol. The normalized spacial score (nSPS) is 48.7. The van der Waals surface area contributed by atoms with E-state index >= 15 is 0 Å². The third kappa shape index (κ3) is 2.51. The molecule has 0 aromatic carbocycles. The summed E-state index contributed by atoms with van der Waals surface area (Å²) in [6.45, 7) is 8.98. The number of rotatable bonds is 2. The minimum absolute atomic E-state index is 0.0657. The lowest BCUT2D eigenvalue weighted by molar-refractivity contribution is -0.144. The van der Waals surface area contributed by atoms with Crippen LogP contribution >= 0.6 is 0 Å². The zero-order valence-corrected chi connectivity index (χ0v) is 15.8. The smallest absolute Gasteiger partial charge is 0.135 e. The topological polar surface area (TPSA) is 29.4 Å². The van der Waals surface area contributed by atoms with E-state index in [1.54, 1.807) is 0 Å². The van der Waals surface area contributed by atoms with E-state index in [0.717, 1.165) is 24.2 Å². The summed E-state index contributed by atoms with van der Waals surface area (Å²) in [5, 5.41) is 0. The molecule has 23 heavy (non-hydrogen) atoms. The second-order valence-corrected chi connectivity index (χ2v) is 9.07. The van der Waals surface area contributed by atoms with Crippen LogP contribution in [0.3, 0.4) is 0 Å². The molecule has 0 saturated heterocycles. The number of fused-ring (bicyclic) bond motifs is 3. The van der Waals surface area contributed by atoms with Gasteiger partial charge in [-0.2, -0.15) is 0 Å². The van der Waals surface area contributed by atoms with Gasteiger partial charge in [-0.15, -0.1) is 0 Å². The van der Waals surface area contributed by atoms with Crippen molar-refractivity contribution < 1.29 is 4.79 Å². The molecular formula is C21H35NO. The number of ketones is 1. The number of hydrogen-bond acceptors (Lipinski definition) is 2. The maximum atomic E-state index is 12.4. The van der Waals surface area contributed by atoms with Crippen molar-refractivity contribution in [2.75, 3.05) is 7.05 Å². The Morgan fingerprint density at radius 2 is 1.96 bits per heavy atom. The first-order chi connectivity index (χ1) is 10.9. The Balaban J connectivity index is 1.89. The largest absolute Gasteiger partial charge is 0.299 e. The molecule has 3 saturated carbocycles. The minimum atomic E-state index is -0.0657. The fourth-order valence-electron chi connectivity index (χ4n) is 6.77. The van der Waals surface area contributed by atoms with Crippen LogP contribution < -0.4 is 0 Å². The third-order valence-electron chi connectivity index (χ3n) is 8.45. The fourth-order valence-corrected chi connectivity index (χ4v) is 6.77. The van der Waals surface area contributed by atoms with E-state index in [1.165, 1.54) is 50.7 Å². The van der Waals surface area contributed by atoms with Crippen LogP contribution in [-0.2, 0) is 4.79 Å². The highest BCUT2D eigenvalue weighted by molar-refractivity contribution is 5.85. The van der Waals surface area contributed by atoms with Gasteiger partial charge in [0.05, 0.1) is 0 Å². The van der Waals surface area contributed by atoms with E-state index in [2.05, 4.69) is 25.8 Å². The van der Waals surface area contributed by atoms with Gasteiger partial charge in [0.25, 0.3) is 0 Å². The van der Waals surface area contributed by atoms with E-state index in [0.29, 0.717) is 17.1 Å². The van der Waals surface area contributed by atoms with Gasteiger partial charge < -0.3 is 0 Å². The van der Waals surface area contributed by atoms with Crippen molar-refractivity contribution in [1.82, 2.24) is 0 Å². The SMILES string of the molecule is CCC1C2CCC3CC(=NC)CC[C@]3(C)C2CC[C@]1(C)C(C)=O. The Labute approximate surface area is 142 Å². The second kappa shape index (κ2) is 6.01. The van der Waals surface area contributed by atoms with Gasteiger partial charge in [0, 0.05) is 18.2 Å². The Morgan fingerprint density at radius 1 is 1.22 bits per heavy atom. The lowest BCUT2D eigenvalue weighted by atomic mass is 9.44. The van der Waals surface area contributed by atoms with Crippen LogP contribution in [0.2, 0.25) is 0 Å². The molecule has 2 heteroatoms. The molecule has 0 amide bonds. The van der Waals surface area contributed by atoms with Gasteiger partial charge in [-0.3, -0.25) is 9.79 Å². The van der Waals surface area contributed by atoms with E-state index in [1.807, 2.05) is 14.0 Å². The quantitative estimate of drug-likeness (QED) is 0.679. The Hall–Kier alpha value is -0.660. The molecule has 4 unspecified atom stereocenters. The zero-order chi connectivity index (χ0) is 16.8. The average Bonchev–Trinajstić information content (AvgIpc) is 2.53. The predicted molar refractivity (Wildman–Crippen MR) is 96.8 cm³/mol. The summed E-state index contributed by atoms with van der Waals surface area (Å²) in [7, 11) is 1.97. The Kier molecular flexibility index (Phi) is 4.48. The predicted octanol–water partition coefficient (Wildman–Crippen LogP) is 5.31. The molecule has 0 aromatic heterocycles. The Morgan fingerprint density at radius 3 is 2.57 bits per heavy atom. The molecule has 0 spiro atoms. The van der Waals surface area contributed by atoms with Gasteiger partial charge in [0.1, 0.15) is 5.78 Å². The number of Topliss-reactive ketones (excluding diaryl/α,β-unsaturated/α-hetero) is 1. The first-order valence-electron chi connectivity index (χ1n) is 9.82. The second-order valence-electron chi connectivity index (χ2n) is 9.07. The molecule has 0 N–H and O–H groups in total.